The highest BCUT2D eigenvalue weighted by atomic mass is 32.2. The molecule has 2 rings (SSSR count). The molecule has 0 atom stereocenters. The molecule has 1 amide bonds. The van der Waals surface area contributed by atoms with E-state index >= 15 is 0 Å². The molecule has 1 aromatic carbocycles. The number of ether oxygens (including phenoxy) is 1. The Bertz CT molecular complexity index is 711. The first kappa shape index (κ1) is 17.6. The van der Waals surface area contributed by atoms with Gasteiger partial charge in [0.25, 0.3) is 0 Å². The van der Waals surface area contributed by atoms with Crippen molar-refractivity contribution in [2.24, 2.45) is 11.3 Å². The molecule has 6 nitrogen and oxygen atoms in total. The second-order valence-corrected chi connectivity index (χ2v) is 8.79. The zero-order chi connectivity index (χ0) is 17.4. The molecule has 0 radical (unpaired) electrons. The number of sulfonamides is 1. The molecule has 0 aromatic heterocycles. The molecular weight excluding hydrogens is 316 g/mol. The van der Waals surface area contributed by atoms with Gasteiger partial charge in [-0.2, -0.15) is 0 Å². The Labute approximate surface area is 137 Å². The van der Waals surface area contributed by atoms with Gasteiger partial charge in [-0.15, -0.1) is 0 Å². The summed E-state index contributed by atoms with van der Waals surface area (Å²) in [4.78, 5) is 14.5. The SMILES string of the molecule is CC(C)CN1C(=O)C(C)(C)COc2cc(NS(C)(=O)=O)ccc21. The number of benzene rings is 1. The van der Waals surface area contributed by atoms with Crippen LogP contribution in [0.2, 0.25) is 0 Å². The van der Waals surface area contributed by atoms with Gasteiger partial charge in [-0.1, -0.05) is 13.8 Å². The average molecular weight is 340 g/mol. The lowest BCUT2D eigenvalue weighted by Crippen LogP contribution is -2.43. The number of carbonyl (C=O) groups is 1. The van der Waals surface area contributed by atoms with Gasteiger partial charge in [0.1, 0.15) is 12.4 Å². The molecule has 1 aliphatic heterocycles. The molecule has 0 saturated heterocycles. The third kappa shape index (κ3) is 4.16. The van der Waals surface area contributed by atoms with Crippen LogP contribution in [0.25, 0.3) is 0 Å². The van der Waals surface area contributed by atoms with Crippen LogP contribution in [0, 0.1) is 11.3 Å². The molecule has 7 heteroatoms. The molecule has 0 saturated carbocycles. The fourth-order valence-corrected chi connectivity index (χ4v) is 3.03. The molecule has 0 unspecified atom stereocenters. The van der Waals surface area contributed by atoms with E-state index in [9.17, 15) is 13.2 Å². The lowest BCUT2D eigenvalue weighted by Gasteiger charge is -2.29. The van der Waals surface area contributed by atoms with Crippen LogP contribution in [-0.2, 0) is 14.8 Å². The van der Waals surface area contributed by atoms with Crippen molar-refractivity contribution in [1.82, 2.24) is 0 Å². The van der Waals surface area contributed by atoms with Crippen molar-refractivity contribution in [3.63, 3.8) is 0 Å². The highest BCUT2D eigenvalue weighted by Gasteiger charge is 2.38. The van der Waals surface area contributed by atoms with E-state index in [1.807, 2.05) is 27.7 Å². The summed E-state index contributed by atoms with van der Waals surface area (Å²) in [6.45, 7) is 8.62. The van der Waals surface area contributed by atoms with Gasteiger partial charge in [-0.05, 0) is 31.9 Å². The van der Waals surface area contributed by atoms with Gasteiger partial charge in [0.2, 0.25) is 15.9 Å². The van der Waals surface area contributed by atoms with Gasteiger partial charge in [-0.25, -0.2) is 8.42 Å². The van der Waals surface area contributed by atoms with Gasteiger partial charge in [0.15, 0.2) is 0 Å². The number of fused-ring (bicyclic) bond motifs is 1. The smallest absolute Gasteiger partial charge is 0.236 e. The molecule has 1 aromatic rings. The summed E-state index contributed by atoms with van der Waals surface area (Å²) in [5, 5.41) is 0. The number of carbonyl (C=O) groups excluding carboxylic acids is 1. The summed E-state index contributed by atoms with van der Waals surface area (Å²) in [6, 6.07) is 4.99. The van der Waals surface area contributed by atoms with Crippen molar-refractivity contribution in [1.29, 1.82) is 0 Å². The highest BCUT2D eigenvalue weighted by Crippen LogP contribution is 2.38. The van der Waals surface area contributed by atoms with Crippen LogP contribution in [-0.4, -0.2) is 33.7 Å². The van der Waals surface area contributed by atoms with Crippen LogP contribution in [0.15, 0.2) is 18.2 Å². The maximum Gasteiger partial charge on any atom is 0.236 e. The Morgan fingerprint density at radius 3 is 2.57 bits per heavy atom. The van der Waals surface area contributed by atoms with Gasteiger partial charge in [0.05, 0.1) is 23.0 Å². The summed E-state index contributed by atoms with van der Waals surface area (Å²) in [5.74, 6) is 0.821. The molecule has 0 fully saturated rings. The van der Waals surface area contributed by atoms with E-state index < -0.39 is 15.4 Å². The van der Waals surface area contributed by atoms with Gasteiger partial charge < -0.3 is 9.64 Å². The first-order valence-electron chi connectivity index (χ1n) is 7.56. The Morgan fingerprint density at radius 2 is 2.00 bits per heavy atom. The lowest BCUT2D eigenvalue weighted by atomic mass is 9.92. The number of hydrogen-bond donors (Lipinski definition) is 1. The predicted octanol–water partition coefficient (Wildman–Crippen LogP) is 2.47. The molecular formula is C16H24N2O4S. The Hall–Kier alpha value is -1.76. The minimum Gasteiger partial charge on any atom is -0.490 e. The number of hydrogen-bond acceptors (Lipinski definition) is 4. The molecule has 0 bridgehead atoms. The molecule has 23 heavy (non-hydrogen) atoms. The third-order valence-corrected chi connectivity index (χ3v) is 4.12. The van der Waals surface area contributed by atoms with E-state index in [1.54, 1.807) is 23.1 Å². The van der Waals surface area contributed by atoms with Crippen molar-refractivity contribution >= 4 is 27.3 Å². The third-order valence-electron chi connectivity index (χ3n) is 3.51. The largest absolute Gasteiger partial charge is 0.490 e. The quantitative estimate of drug-likeness (QED) is 0.913. The second kappa shape index (κ2) is 6.03. The molecule has 0 spiro atoms. The standard InChI is InChI=1S/C16H24N2O4S/c1-11(2)9-18-13-7-6-12(17-23(5,20)21)8-14(13)22-10-16(3,4)15(18)19/h6-8,11,17H,9-10H2,1-5H3. The van der Waals surface area contributed by atoms with Gasteiger partial charge >= 0.3 is 0 Å². The molecule has 128 valence electrons. The van der Waals surface area contributed by atoms with Crippen molar-refractivity contribution in [2.45, 2.75) is 27.7 Å². The van der Waals surface area contributed by atoms with Crippen LogP contribution >= 0.6 is 0 Å². The van der Waals surface area contributed by atoms with Crippen molar-refractivity contribution in [3.8, 4) is 5.75 Å². The van der Waals surface area contributed by atoms with E-state index in [1.165, 1.54) is 0 Å². The monoisotopic (exact) mass is 340 g/mol. The van der Waals surface area contributed by atoms with Gasteiger partial charge in [-0.3, -0.25) is 9.52 Å². The number of anilines is 2. The van der Waals surface area contributed by atoms with E-state index in [0.717, 1.165) is 6.26 Å². The predicted molar refractivity (Wildman–Crippen MR) is 91.4 cm³/mol. The van der Waals surface area contributed by atoms with Crippen molar-refractivity contribution < 1.29 is 17.9 Å². The summed E-state index contributed by atoms with van der Waals surface area (Å²) >= 11 is 0. The zero-order valence-corrected chi connectivity index (χ0v) is 15.0. The van der Waals surface area contributed by atoms with E-state index in [0.29, 0.717) is 29.6 Å². The fourth-order valence-electron chi connectivity index (χ4n) is 2.47. The number of rotatable bonds is 4. The Kier molecular flexibility index (Phi) is 4.61. The molecule has 1 heterocycles. The Balaban J connectivity index is 2.47. The van der Waals surface area contributed by atoms with Crippen LogP contribution in [0.4, 0.5) is 11.4 Å². The van der Waals surface area contributed by atoms with E-state index in [-0.39, 0.29) is 12.5 Å². The van der Waals surface area contributed by atoms with E-state index in [2.05, 4.69) is 4.72 Å². The van der Waals surface area contributed by atoms with E-state index in [4.69, 9.17) is 4.74 Å². The normalized spacial score (nSPS) is 17.5. The number of amides is 1. The maximum absolute atomic E-state index is 12.8. The van der Waals surface area contributed by atoms with Crippen LogP contribution in [0.3, 0.4) is 0 Å². The van der Waals surface area contributed by atoms with Crippen molar-refractivity contribution in [2.75, 3.05) is 29.0 Å². The minimum absolute atomic E-state index is 0.00812. The lowest BCUT2D eigenvalue weighted by molar-refractivity contribution is -0.127. The van der Waals surface area contributed by atoms with Gasteiger partial charge in [0, 0.05) is 12.6 Å². The summed E-state index contributed by atoms with van der Waals surface area (Å²) in [5.41, 5.74) is 0.453. The average Bonchev–Trinajstić information content (AvgIpc) is 2.47. The maximum atomic E-state index is 12.8. The molecule has 1 aliphatic rings. The second-order valence-electron chi connectivity index (χ2n) is 7.04. The Morgan fingerprint density at radius 1 is 1.35 bits per heavy atom. The highest BCUT2D eigenvalue weighted by molar-refractivity contribution is 7.92. The molecule has 0 aliphatic carbocycles. The number of nitrogens with zero attached hydrogens (tertiary/aromatic N) is 1. The molecule has 1 N–H and O–H groups in total. The van der Waals surface area contributed by atoms with Crippen LogP contribution < -0.4 is 14.4 Å². The van der Waals surface area contributed by atoms with Crippen LogP contribution in [0.5, 0.6) is 5.75 Å². The summed E-state index contributed by atoms with van der Waals surface area (Å²) in [6.07, 6.45) is 1.09. The minimum atomic E-state index is -3.37. The summed E-state index contributed by atoms with van der Waals surface area (Å²) in [7, 11) is -3.37. The first-order valence-corrected chi connectivity index (χ1v) is 9.45. The fraction of sp³-hybridized carbons (Fsp3) is 0.562. The van der Waals surface area contributed by atoms with Crippen LogP contribution in [0.1, 0.15) is 27.7 Å². The summed E-state index contributed by atoms with van der Waals surface area (Å²) < 4.78 is 31.0. The first-order chi connectivity index (χ1) is 10.5. The topological polar surface area (TPSA) is 75.7 Å². The van der Waals surface area contributed by atoms with Crippen molar-refractivity contribution in [3.05, 3.63) is 18.2 Å². The zero-order valence-electron chi connectivity index (χ0n) is 14.2. The number of nitrogens with one attached hydrogen (secondary N) is 1.